The molecule has 82 valence electrons. The molecule has 0 saturated carbocycles. The van der Waals surface area contributed by atoms with Crippen LogP contribution in [0.3, 0.4) is 0 Å². The van der Waals surface area contributed by atoms with Crippen molar-refractivity contribution in [2.45, 2.75) is 34.1 Å². The average molecular weight is 238 g/mol. The van der Waals surface area contributed by atoms with Crippen LogP contribution in [0, 0.1) is 5.41 Å². The zero-order valence-electron chi connectivity index (χ0n) is 9.10. The average Bonchev–Trinajstić information content (AvgIpc) is 2.02. The van der Waals surface area contributed by atoms with Gasteiger partial charge in [-0.15, -0.1) is 0 Å². The summed E-state index contributed by atoms with van der Waals surface area (Å²) in [5, 5.41) is 4.04. The van der Waals surface area contributed by atoms with Gasteiger partial charge in [0.05, 0.1) is 5.71 Å². The third-order valence-corrected chi connectivity index (χ3v) is 2.07. The van der Waals surface area contributed by atoms with Gasteiger partial charge in [-0.2, -0.15) is 0 Å². The standard InChI is InChI=1S/C10H17Cl2NO/c1-5-8(13-14-6-2)10(3,4)7-9(11)12/h7H,5-6H2,1-4H3. The molecule has 0 N–H and O–H groups in total. The van der Waals surface area contributed by atoms with Crippen LogP contribution in [0.4, 0.5) is 0 Å². The number of nitrogens with zero attached hydrogens (tertiary/aromatic N) is 1. The van der Waals surface area contributed by atoms with Gasteiger partial charge < -0.3 is 4.84 Å². The molecule has 0 heterocycles. The maximum atomic E-state index is 5.63. The first-order valence-corrected chi connectivity index (χ1v) is 5.42. The molecule has 4 heteroatoms. The molecule has 0 rings (SSSR count). The van der Waals surface area contributed by atoms with Crippen LogP contribution in [0.25, 0.3) is 0 Å². The quantitative estimate of drug-likeness (QED) is 0.521. The van der Waals surface area contributed by atoms with E-state index in [4.69, 9.17) is 28.0 Å². The summed E-state index contributed by atoms with van der Waals surface area (Å²) in [5.74, 6) is 0. The van der Waals surface area contributed by atoms with Crippen molar-refractivity contribution >= 4 is 28.9 Å². The van der Waals surface area contributed by atoms with Crippen molar-refractivity contribution in [1.82, 2.24) is 0 Å². The molecular weight excluding hydrogens is 221 g/mol. The van der Waals surface area contributed by atoms with E-state index in [0.717, 1.165) is 12.1 Å². The largest absolute Gasteiger partial charge is 0.396 e. The van der Waals surface area contributed by atoms with Crippen molar-refractivity contribution in [2.75, 3.05) is 6.61 Å². The smallest absolute Gasteiger partial charge is 0.114 e. The summed E-state index contributed by atoms with van der Waals surface area (Å²) in [6.07, 6.45) is 2.57. The van der Waals surface area contributed by atoms with Crippen molar-refractivity contribution in [3.63, 3.8) is 0 Å². The van der Waals surface area contributed by atoms with Crippen LogP contribution in [0.15, 0.2) is 15.7 Å². The second-order valence-corrected chi connectivity index (χ2v) is 4.47. The zero-order valence-corrected chi connectivity index (χ0v) is 10.6. The van der Waals surface area contributed by atoms with Crippen LogP contribution in [-0.4, -0.2) is 12.3 Å². The lowest BCUT2D eigenvalue weighted by atomic mass is 9.86. The van der Waals surface area contributed by atoms with Crippen molar-refractivity contribution in [3.8, 4) is 0 Å². The molecule has 2 nitrogen and oxygen atoms in total. The van der Waals surface area contributed by atoms with Crippen LogP contribution in [0.2, 0.25) is 0 Å². The van der Waals surface area contributed by atoms with Gasteiger partial charge >= 0.3 is 0 Å². The van der Waals surface area contributed by atoms with Gasteiger partial charge in [0.2, 0.25) is 0 Å². The molecule has 0 aromatic carbocycles. The number of hydrogen-bond acceptors (Lipinski definition) is 2. The fourth-order valence-corrected chi connectivity index (χ4v) is 1.68. The van der Waals surface area contributed by atoms with E-state index < -0.39 is 0 Å². The Labute approximate surface area is 95.9 Å². The summed E-state index contributed by atoms with van der Waals surface area (Å²) < 4.78 is 0.257. The van der Waals surface area contributed by atoms with Gasteiger partial charge in [-0.1, -0.05) is 49.1 Å². The third kappa shape index (κ3) is 4.87. The first-order valence-electron chi connectivity index (χ1n) is 4.67. The molecule has 0 aliphatic heterocycles. The predicted molar refractivity (Wildman–Crippen MR) is 62.9 cm³/mol. The van der Waals surface area contributed by atoms with Gasteiger partial charge in [-0.05, 0) is 19.4 Å². The van der Waals surface area contributed by atoms with Gasteiger partial charge in [0.15, 0.2) is 0 Å². The van der Waals surface area contributed by atoms with Crippen LogP contribution in [0.1, 0.15) is 34.1 Å². The Bertz CT molecular complexity index is 230. The topological polar surface area (TPSA) is 21.6 Å². The first kappa shape index (κ1) is 13.8. The first-order chi connectivity index (χ1) is 6.44. The minimum Gasteiger partial charge on any atom is -0.396 e. The second-order valence-electron chi connectivity index (χ2n) is 3.46. The maximum absolute atomic E-state index is 5.63. The summed E-state index contributed by atoms with van der Waals surface area (Å²) in [6, 6.07) is 0. The van der Waals surface area contributed by atoms with Crippen LogP contribution < -0.4 is 0 Å². The molecule has 0 aromatic heterocycles. The third-order valence-electron chi connectivity index (χ3n) is 1.85. The molecule has 0 unspecified atom stereocenters. The monoisotopic (exact) mass is 237 g/mol. The molecule has 0 spiro atoms. The van der Waals surface area contributed by atoms with Crippen LogP contribution >= 0.6 is 23.2 Å². The Kier molecular flexibility index (Phi) is 6.21. The highest BCUT2D eigenvalue weighted by molar-refractivity contribution is 6.56. The molecule has 0 atom stereocenters. The maximum Gasteiger partial charge on any atom is 0.114 e. The molecule has 14 heavy (non-hydrogen) atoms. The van der Waals surface area contributed by atoms with Gasteiger partial charge in [0.25, 0.3) is 0 Å². The second kappa shape index (κ2) is 6.31. The lowest BCUT2D eigenvalue weighted by Crippen LogP contribution is -2.21. The number of oxime groups is 1. The van der Waals surface area contributed by atoms with Gasteiger partial charge in [0, 0.05) is 5.41 Å². The van der Waals surface area contributed by atoms with E-state index in [1.165, 1.54) is 0 Å². The highest BCUT2D eigenvalue weighted by atomic mass is 35.5. The van der Waals surface area contributed by atoms with E-state index in [1.54, 1.807) is 6.08 Å². The van der Waals surface area contributed by atoms with Crippen molar-refractivity contribution in [2.24, 2.45) is 10.6 Å². The molecule has 0 saturated heterocycles. The molecule has 0 radical (unpaired) electrons. The summed E-state index contributed by atoms with van der Waals surface area (Å²) >= 11 is 11.3. The van der Waals surface area contributed by atoms with E-state index in [-0.39, 0.29) is 9.91 Å². The number of hydrogen-bond donors (Lipinski definition) is 0. The summed E-state index contributed by atoms with van der Waals surface area (Å²) in [7, 11) is 0. The van der Waals surface area contributed by atoms with E-state index in [0.29, 0.717) is 6.61 Å². The summed E-state index contributed by atoms with van der Waals surface area (Å²) in [5.41, 5.74) is 0.668. The lowest BCUT2D eigenvalue weighted by Gasteiger charge is -2.21. The highest BCUT2D eigenvalue weighted by Crippen LogP contribution is 2.26. The van der Waals surface area contributed by atoms with Gasteiger partial charge in [-0.3, -0.25) is 0 Å². The Balaban J connectivity index is 4.74. The minimum atomic E-state index is -0.261. The highest BCUT2D eigenvalue weighted by Gasteiger charge is 2.22. The number of halogens is 2. The number of rotatable bonds is 5. The Morgan fingerprint density at radius 3 is 2.29 bits per heavy atom. The molecule has 0 bridgehead atoms. The van der Waals surface area contributed by atoms with E-state index in [1.807, 2.05) is 27.7 Å². The fraction of sp³-hybridized carbons (Fsp3) is 0.700. The SMILES string of the molecule is CCON=C(CC)C(C)(C)C=C(Cl)Cl. The van der Waals surface area contributed by atoms with Gasteiger partial charge in [-0.25, -0.2) is 0 Å². The number of allylic oxidation sites excluding steroid dienone is 1. The zero-order chi connectivity index (χ0) is 11.2. The Morgan fingerprint density at radius 1 is 1.36 bits per heavy atom. The van der Waals surface area contributed by atoms with Crippen molar-refractivity contribution in [1.29, 1.82) is 0 Å². The molecular formula is C10H17Cl2NO. The molecule has 0 fully saturated rings. The van der Waals surface area contributed by atoms with Crippen molar-refractivity contribution in [3.05, 3.63) is 10.6 Å². The Hall–Kier alpha value is -0.210. The fourth-order valence-electron chi connectivity index (χ4n) is 1.14. The molecule has 0 aliphatic rings. The van der Waals surface area contributed by atoms with E-state index in [9.17, 15) is 0 Å². The van der Waals surface area contributed by atoms with E-state index >= 15 is 0 Å². The van der Waals surface area contributed by atoms with Crippen LogP contribution in [-0.2, 0) is 4.84 Å². The van der Waals surface area contributed by atoms with E-state index in [2.05, 4.69) is 5.16 Å². The normalized spacial score (nSPS) is 12.6. The molecule has 0 aliphatic carbocycles. The Morgan fingerprint density at radius 2 is 1.93 bits per heavy atom. The summed E-state index contributed by atoms with van der Waals surface area (Å²) in [6.45, 7) is 8.49. The lowest BCUT2D eigenvalue weighted by molar-refractivity contribution is 0.155. The molecule has 0 amide bonds. The van der Waals surface area contributed by atoms with Crippen molar-refractivity contribution < 1.29 is 4.84 Å². The molecule has 0 aromatic rings. The summed E-state index contributed by atoms with van der Waals surface area (Å²) in [4.78, 5) is 5.03. The predicted octanol–water partition coefficient (Wildman–Crippen LogP) is 4.13. The van der Waals surface area contributed by atoms with Gasteiger partial charge in [0.1, 0.15) is 11.1 Å². The minimum absolute atomic E-state index is 0.257. The van der Waals surface area contributed by atoms with Crippen LogP contribution in [0.5, 0.6) is 0 Å².